The minimum Gasteiger partial charge on any atom is -0.508 e. The highest BCUT2D eigenvalue weighted by molar-refractivity contribution is 7.15. The molecular formula is C12H12N2O3S. The van der Waals surface area contributed by atoms with Gasteiger partial charge < -0.3 is 10.4 Å². The predicted molar refractivity (Wildman–Crippen MR) is 71.1 cm³/mol. The molecule has 94 valence electrons. The number of benzene rings is 1. The van der Waals surface area contributed by atoms with Gasteiger partial charge in [-0.1, -0.05) is 11.3 Å². The fourth-order valence-electron chi connectivity index (χ4n) is 1.51. The van der Waals surface area contributed by atoms with Crippen LogP contribution in [-0.2, 0) is 6.54 Å². The van der Waals surface area contributed by atoms with Crippen molar-refractivity contribution in [2.45, 2.75) is 13.5 Å². The number of nitrogens with one attached hydrogen (secondary N) is 1. The molecule has 0 aliphatic heterocycles. The van der Waals surface area contributed by atoms with Crippen molar-refractivity contribution in [1.29, 1.82) is 0 Å². The van der Waals surface area contributed by atoms with Crippen LogP contribution in [0.15, 0.2) is 30.3 Å². The third kappa shape index (κ3) is 2.78. The maximum Gasteiger partial charge on any atom is 0.324 e. The second-order valence-electron chi connectivity index (χ2n) is 3.85. The first-order valence-corrected chi connectivity index (χ1v) is 6.14. The molecule has 0 radical (unpaired) electrons. The minimum atomic E-state index is -0.390. The average Bonchev–Trinajstić information content (AvgIpc) is 2.79. The van der Waals surface area contributed by atoms with Crippen molar-refractivity contribution in [2.24, 2.45) is 0 Å². The zero-order valence-corrected chi connectivity index (χ0v) is 10.5. The third-order valence-electron chi connectivity index (χ3n) is 2.49. The monoisotopic (exact) mass is 264 g/mol. The first-order chi connectivity index (χ1) is 8.56. The van der Waals surface area contributed by atoms with E-state index in [1.807, 2.05) is 13.0 Å². The van der Waals surface area contributed by atoms with E-state index < -0.39 is 4.92 Å². The Morgan fingerprint density at radius 2 is 2.17 bits per heavy atom. The lowest BCUT2D eigenvalue weighted by atomic mass is 10.2. The first kappa shape index (κ1) is 12.4. The second kappa shape index (κ2) is 5.05. The molecule has 0 fully saturated rings. The molecule has 0 aliphatic rings. The van der Waals surface area contributed by atoms with Gasteiger partial charge in [0.05, 0.1) is 4.92 Å². The van der Waals surface area contributed by atoms with E-state index in [1.165, 1.54) is 6.07 Å². The Morgan fingerprint density at radius 3 is 2.78 bits per heavy atom. The van der Waals surface area contributed by atoms with Crippen molar-refractivity contribution in [3.05, 3.63) is 50.9 Å². The van der Waals surface area contributed by atoms with E-state index in [0.29, 0.717) is 6.54 Å². The van der Waals surface area contributed by atoms with Crippen LogP contribution in [0.4, 0.5) is 10.7 Å². The predicted octanol–water partition coefficient (Wildman–Crippen LogP) is 3.28. The molecule has 18 heavy (non-hydrogen) atoms. The Bertz CT molecular complexity index is 580. The van der Waals surface area contributed by atoms with Crippen LogP contribution >= 0.6 is 11.3 Å². The van der Waals surface area contributed by atoms with Gasteiger partial charge in [-0.3, -0.25) is 10.1 Å². The lowest BCUT2D eigenvalue weighted by molar-refractivity contribution is -0.380. The molecule has 2 aromatic rings. The van der Waals surface area contributed by atoms with Gasteiger partial charge in [0, 0.05) is 23.2 Å². The summed E-state index contributed by atoms with van der Waals surface area (Å²) in [6.45, 7) is 2.35. The highest BCUT2D eigenvalue weighted by atomic mass is 32.1. The molecule has 1 heterocycles. The molecule has 0 spiro atoms. The summed E-state index contributed by atoms with van der Waals surface area (Å²) < 4.78 is 0. The van der Waals surface area contributed by atoms with Crippen LogP contribution in [-0.4, -0.2) is 10.0 Å². The number of aryl methyl sites for hydroxylation is 1. The summed E-state index contributed by atoms with van der Waals surface area (Å²) in [5.41, 5.74) is 1.67. The molecule has 0 unspecified atom stereocenters. The molecule has 1 aromatic heterocycles. The molecular weight excluding hydrogens is 252 g/mol. The summed E-state index contributed by atoms with van der Waals surface area (Å²) in [7, 11) is 0. The number of thiophene rings is 1. The smallest absolute Gasteiger partial charge is 0.324 e. The van der Waals surface area contributed by atoms with Crippen molar-refractivity contribution in [3.63, 3.8) is 0 Å². The zero-order valence-electron chi connectivity index (χ0n) is 9.71. The van der Waals surface area contributed by atoms with Gasteiger partial charge in [0.2, 0.25) is 0 Å². The van der Waals surface area contributed by atoms with E-state index >= 15 is 0 Å². The fourth-order valence-corrected chi connectivity index (χ4v) is 2.27. The number of phenols is 1. The van der Waals surface area contributed by atoms with Gasteiger partial charge in [-0.25, -0.2) is 0 Å². The minimum absolute atomic E-state index is 0.147. The van der Waals surface area contributed by atoms with Crippen LogP contribution in [0.2, 0.25) is 0 Å². The molecule has 0 aliphatic carbocycles. The number of nitrogens with zero attached hydrogens (tertiary/aromatic N) is 1. The maximum atomic E-state index is 10.5. The van der Waals surface area contributed by atoms with Crippen LogP contribution in [0.1, 0.15) is 10.4 Å². The van der Waals surface area contributed by atoms with Crippen molar-refractivity contribution >= 4 is 22.0 Å². The van der Waals surface area contributed by atoms with E-state index in [2.05, 4.69) is 5.32 Å². The molecule has 5 nitrogen and oxygen atoms in total. The van der Waals surface area contributed by atoms with Gasteiger partial charge in [-0.05, 0) is 36.8 Å². The summed E-state index contributed by atoms with van der Waals surface area (Å²) in [5, 5.41) is 23.2. The Morgan fingerprint density at radius 1 is 1.39 bits per heavy atom. The maximum absolute atomic E-state index is 10.5. The van der Waals surface area contributed by atoms with Gasteiger partial charge in [0.1, 0.15) is 5.75 Å². The Labute approximate surface area is 108 Å². The summed E-state index contributed by atoms with van der Waals surface area (Å²) in [5.74, 6) is 0.257. The number of hydrogen-bond acceptors (Lipinski definition) is 5. The molecule has 1 aromatic carbocycles. The summed E-state index contributed by atoms with van der Waals surface area (Å²) in [6.07, 6.45) is 0. The van der Waals surface area contributed by atoms with Gasteiger partial charge in [0.15, 0.2) is 0 Å². The largest absolute Gasteiger partial charge is 0.508 e. The Kier molecular flexibility index (Phi) is 3.47. The molecule has 0 saturated heterocycles. The van der Waals surface area contributed by atoms with E-state index in [9.17, 15) is 15.2 Å². The Balaban J connectivity index is 2.02. The van der Waals surface area contributed by atoms with Crippen LogP contribution in [0.5, 0.6) is 5.75 Å². The van der Waals surface area contributed by atoms with Gasteiger partial charge in [0.25, 0.3) is 0 Å². The fraction of sp³-hybridized carbons (Fsp3) is 0.167. The summed E-state index contributed by atoms with van der Waals surface area (Å²) in [6, 6.07) is 8.46. The van der Waals surface area contributed by atoms with E-state index in [0.717, 1.165) is 27.5 Å². The standard InChI is InChI=1S/C12H12N2O3S/c1-8-6-9(2-4-11(8)15)13-7-10-3-5-12(18-10)14(16)17/h2-6,13,15H,7H2,1H3. The molecule has 0 saturated carbocycles. The second-order valence-corrected chi connectivity index (χ2v) is 5.00. The van der Waals surface area contributed by atoms with Crippen molar-refractivity contribution in [2.75, 3.05) is 5.32 Å². The van der Waals surface area contributed by atoms with E-state index in [1.54, 1.807) is 18.2 Å². The number of aromatic hydroxyl groups is 1. The van der Waals surface area contributed by atoms with E-state index in [4.69, 9.17) is 0 Å². The van der Waals surface area contributed by atoms with Gasteiger partial charge in [-0.15, -0.1) is 0 Å². The molecule has 0 atom stereocenters. The SMILES string of the molecule is Cc1cc(NCc2ccc([N+](=O)[O-])s2)ccc1O. The molecule has 0 bridgehead atoms. The number of phenolic OH excluding ortho intramolecular Hbond substituents is 1. The Hall–Kier alpha value is -2.08. The summed E-state index contributed by atoms with van der Waals surface area (Å²) in [4.78, 5) is 11.0. The number of nitro groups is 1. The van der Waals surface area contributed by atoms with Crippen LogP contribution in [0.25, 0.3) is 0 Å². The number of anilines is 1. The number of hydrogen-bond donors (Lipinski definition) is 2. The molecule has 2 rings (SSSR count). The number of rotatable bonds is 4. The lowest BCUT2D eigenvalue weighted by Gasteiger charge is -2.06. The van der Waals surface area contributed by atoms with E-state index in [-0.39, 0.29) is 10.8 Å². The molecule has 0 amide bonds. The average molecular weight is 264 g/mol. The highest BCUT2D eigenvalue weighted by Crippen LogP contribution is 2.25. The quantitative estimate of drug-likeness (QED) is 0.505. The van der Waals surface area contributed by atoms with Crippen molar-refractivity contribution < 1.29 is 10.0 Å². The highest BCUT2D eigenvalue weighted by Gasteiger charge is 2.09. The van der Waals surface area contributed by atoms with Crippen LogP contribution in [0.3, 0.4) is 0 Å². The topological polar surface area (TPSA) is 75.4 Å². The normalized spacial score (nSPS) is 10.3. The van der Waals surface area contributed by atoms with Crippen molar-refractivity contribution in [3.8, 4) is 5.75 Å². The lowest BCUT2D eigenvalue weighted by Crippen LogP contribution is -1.97. The molecule has 2 N–H and O–H groups in total. The zero-order chi connectivity index (χ0) is 13.1. The van der Waals surface area contributed by atoms with Crippen molar-refractivity contribution in [1.82, 2.24) is 0 Å². The van der Waals surface area contributed by atoms with Gasteiger partial charge in [-0.2, -0.15) is 0 Å². The third-order valence-corrected chi connectivity index (χ3v) is 3.53. The van der Waals surface area contributed by atoms with Gasteiger partial charge >= 0.3 is 5.00 Å². The first-order valence-electron chi connectivity index (χ1n) is 5.33. The molecule has 6 heteroatoms. The van der Waals surface area contributed by atoms with Crippen LogP contribution in [0, 0.1) is 17.0 Å². The summed E-state index contributed by atoms with van der Waals surface area (Å²) >= 11 is 1.16. The van der Waals surface area contributed by atoms with Crippen LogP contribution < -0.4 is 5.32 Å².